The number of nitrogens with zero attached hydrogens (tertiary/aromatic N) is 3. The van der Waals surface area contributed by atoms with E-state index in [-0.39, 0.29) is 10.9 Å². The molecule has 1 aliphatic heterocycles. The molecule has 0 bridgehead atoms. The molecule has 0 radical (unpaired) electrons. The minimum absolute atomic E-state index is 0.105. The van der Waals surface area contributed by atoms with Gasteiger partial charge in [0.25, 0.3) is 10.0 Å². The predicted octanol–water partition coefficient (Wildman–Crippen LogP) is 2.24. The highest BCUT2D eigenvalue weighted by Gasteiger charge is 2.33. The molecule has 2 aromatic rings. The van der Waals surface area contributed by atoms with Crippen LogP contribution >= 0.6 is 0 Å². The zero-order chi connectivity index (χ0) is 17.3. The van der Waals surface area contributed by atoms with Crippen LogP contribution in [-0.4, -0.2) is 40.0 Å². The minimum atomic E-state index is -3.72. The third-order valence-corrected chi connectivity index (χ3v) is 6.15. The normalized spacial score (nSPS) is 17.4. The molecular formula is C18H19N3O2S. The maximum absolute atomic E-state index is 13.2. The standard InChI is InChI=1S/C18H19N3O2S/c1-20(2)16-11-15-7-3-4-9-18(15)21(13-16)24(22,23)17-8-5-6-14(10-17)12-19/h3-10,16H,11,13H2,1-2H3/t16-/m0/s1. The Bertz CT molecular complexity index is 900. The van der Waals surface area contributed by atoms with Gasteiger partial charge in [0.2, 0.25) is 0 Å². The zero-order valence-electron chi connectivity index (χ0n) is 13.7. The van der Waals surface area contributed by atoms with E-state index in [4.69, 9.17) is 5.26 Å². The molecule has 0 spiro atoms. The van der Waals surface area contributed by atoms with E-state index in [0.717, 1.165) is 17.7 Å². The largest absolute Gasteiger partial charge is 0.304 e. The number of benzene rings is 2. The maximum Gasteiger partial charge on any atom is 0.264 e. The lowest BCUT2D eigenvalue weighted by molar-refractivity contribution is 0.293. The summed E-state index contributed by atoms with van der Waals surface area (Å²) in [5.41, 5.74) is 2.07. The average molecular weight is 341 g/mol. The molecule has 0 aliphatic carbocycles. The number of anilines is 1. The van der Waals surface area contributed by atoms with Gasteiger partial charge in [-0.2, -0.15) is 5.26 Å². The van der Waals surface area contributed by atoms with Crippen molar-refractivity contribution in [3.63, 3.8) is 0 Å². The second kappa shape index (κ2) is 6.27. The van der Waals surface area contributed by atoms with Crippen LogP contribution in [0.2, 0.25) is 0 Å². The Hall–Kier alpha value is -2.36. The highest BCUT2D eigenvalue weighted by atomic mass is 32.2. The summed E-state index contributed by atoms with van der Waals surface area (Å²) in [7, 11) is 0.197. The molecule has 6 heteroatoms. The van der Waals surface area contributed by atoms with Crippen molar-refractivity contribution in [3.05, 3.63) is 59.7 Å². The van der Waals surface area contributed by atoms with E-state index >= 15 is 0 Å². The Kier molecular flexibility index (Phi) is 4.31. The van der Waals surface area contributed by atoms with Gasteiger partial charge in [0, 0.05) is 6.04 Å². The molecule has 2 aromatic carbocycles. The SMILES string of the molecule is CN(C)[C@H]1Cc2ccccc2N(S(=O)(=O)c2cccc(C#N)c2)C1. The number of fused-ring (bicyclic) bond motifs is 1. The van der Waals surface area contributed by atoms with Crippen molar-refractivity contribution in [1.82, 2.24) is 4.90 Å². The van der Waals surface area contributed by atoms with Crippen LogP contribution in [0.3, 0.4) is 0 Å². The number of nitriles is 1. The molecular weight excluding hydrogens is 322 g/mol. The monoisotopic (exact) mass is 341 g/mol. The van der Waals surface area contributed by atoms with Crippen molar-refractivity contribution in [2.24, 2.45) is 0 Å². The second-order valence-electron chi connectivity index (χ2n) is 6.13. The number of hydrogen-bond acceptors (Lipinski definition) is 4. The van der Waals surface area contributed by atoms with Gasteiger partial charge < -0.3 is 4.90 Å². The summed E-state index contributed by atoms with van der Waals surface area (Å²) < 4.78 is 27.8. The first-order chi connectivity index (χ1) is 11.4. The number of likely N-dealkylation sites (N-methyl/N-ethyl adjacent to an activating group) is 1. The van der Waals surface area contributed by atoms with Gasteiger partial charge in [0.1, 0.15) is 0 Å². The van der Waals surface area contributed by atoms with E-state index in [1.54, 1.807) is 12.1 Å². The van der Waals surface area contributed by atoms with Crippen LogP contribution in [0.1, 0.15) is 11.1 Å². The van der Waals surface area contributed by atoms with Gasteiger partial charge in [-0.1, -0.05) is 24.3 Å². The molecule has 0 fully saturated rings. The first-order valence-corrected chi connectivity index (χ1v) is 9.14. The lowest BCUT2D eigenvalue weighted by Crippen LogP contribution is -2.48. The van der Waals surface area contributed by atoms with Gasteiger partial charge in [-0.05, 0) is 50.3 Å². The summed E-state index contributed by atoms with van der Waals surface area (Å²) in [6.07, 6.45) is 0.813. The summed E-state index contributed by atoms with van der Waals surface area (Å²) in [5.74, 6) is 0. The van der Waals surface area contributed by atoms with Crippen LogP contribution in [0.5, 0.6) is 0 Å². The van der Waals surface area contributed by atoms with Gasteiger partial charge in [-0.25, -0.2) is 8.42 Å². The van der Waals surface area contributed by atoms with E-state index in [0.29, 0.717) is 12.1 Å². The van der Waals surface area contributed by atoms with Crippen molar-refractivity contribution in [1.29, 1.82) is 5.26 Å². The van der Waals surface area contributed by atoms with Gasteiger partial charge >= 0.3 is 0 Å². The van der Waals surface area contributed by atoms with E-state index in [1.165, 1.54) is 16.4 Å². The van der Waals surface area contributed by atoms with Crippen LogP contribution in [0.25, 0.3) is 0 Å². The summed E-state index contributed by atoms with van der Waals surface area (Å²) in [6, 6.07) is 15.9. The number of para-hydroxylation sites is 1. The molecule has 0 amide bonds. The van der Waals surface area contributed by atoms with Crippen LogP contribution in [0, 0.1) is 11.3 Å². The van der Waals surface area contributed by atoms with E-state index in [2.05, 4.69) is 0 Å². The third-order valence-electron chi connectivity index (χ3n) is 4.37. The number of sulfonamides is 1. The minimum Gasteiger partial charge on any atom is -0.304 e. The van der Waals surface area contributed by atoms with Crippen molar-refractivity contribution in [2.45, 2.75) is 17.4 Å². The summed E-state index contributed by atoms with van der Waals surface area (Å²) in [6.45, 7) is 0.392. The van der Waals surface area contributed by atoms with Crippen molar-refractivity contribution in [3.8, 4) is 6.07 Å². The molecule has 1 heterocycles. The molecule has 0 aromatic heterocycles. The van der Waals surface area contributed by atoms with Gasteiger partial charge in [0.05, 0.1) is 28.8 Å². The molecule has 124 valence electrons. The molecule has 1 aliphatic rings. The Balaban J connectivity index is 2.11. The number of rotatable bonds is 3. The third kappa shape index (κ3) is 2.88. The fourth-order valence-corrected chi connectivity index (χ4v) is 4.55. The second-order valence-corrected chi connectivity index (χ2v) is 7.99. The molecule has 0 unspecified atom stereocenters. The molecule has 1 atom stereocenters. The Labute approximate surface area is 142 Å². The fraction of sp³-hybridized carbons (Fsp3) is 0.278. The molecule has 5 nitrogen and oxygen atoms in total. The number of hydrogen-bond donors (Lipinski definition) is 0. The van der Waals surface area contributed by atoms with Crippen LogP contribution in [0.4, 0.5) is 5.69 Å². The molecule has 0 saturated carbocycles. The highest BCUT2D eigenvalue weighted by molar-refractivity contribution is 7.92. The van der Waals surface area contributed by atoms with Crippen molar-refractivity contribution < 1.29 is 8.42 Å². The molecule has 3 rings (SSSR count). The molecule has 0 N–H and O–H groups in total. The molecule has 24 heavy (non-hydrogen) atoms. The zero-order valence-corrected chi connectivity index (χ0v) is 14.5. The Morgan fingerprint density at radius 1 is 1.17 bits per heavy atom. The average Bonchev–Trinajstić information content (AvgIpc) is 2.60. The summed E-state index contributed by atoms with van der Waals surface area (Å²) >= 11 is 0. The topological polar surface area (TPSA) is 64.4 Å². The first kappa shape index (κ1) is 16.5. The summed E-state index contributed by atoms with van der Waals surface area (Å²) in [4.78, 5) is 2.19. The maximum atomic E-state index is 13.2. The van der Waals surface area contributed by atoms with E-state index < -0.39 is 10.0 Å². The van der Waals surface area contributed by atoms with Gasteiger partial charge in [0.15, 0.2) is 0 Å². The fourth-order valence-electron chi connectivity index (χ4n) is 2.96. The smallest absolute Gasteiger partial charge is 0.264 e. The van der Waals surface area contributed by atoms with Crippen LogP contribution in [-0.2, 0) is 16.4 Å². The Morgan fingerprint density at radius 3 is 2.62 bits per heavy atom. The predicted molar refractivity (Wildman–Crippen MR) is 93.3 cm³/mol. The van der Waals surface area contributed by atoms with Crippen LogP contribution < -0.4 is 4.31 Å². The first-order valence-electron chi connectivity index (χ1n) is 7.70. The molecule has 0 saturated heterocycles. The quantitative estimate of drug-likeness (QED) is 0.859. The highest BCUT2D eigenvalue weighted by Crippen LogP contribution is 2.33. The van der Waals surface area contributed by atoms with Crippen LogP contribution in [0.15, 0.2) is 53.4 Å². The van der Waals surface area contributed by atoms with Gasteiger partial charge in [-0.3, -0.25) is 4.31 Å². The van der Waals surface area contributed by atoms with E-state index in [9.17, 15) is 8.42 Å². The van der Waals surface area contributed by atoms with Gasteiger partial charge in [-0.15, -0.1) is 0 Å². The Morgan fingerprint density at radius 2 is 1.92 bits per heavy atom. The van der Waals surface area contributed by atoms with E-state index in [1.807, 2.05) is 49.3 Å². The van der Waals surface area contributed by atoms with Crippen molar-refractivity contribution >= 4 is 15.7 Å². The lowest BCUT2D eigenvalue weighted by atomic mass is 9.99. The van der Waals surface area contributed by atoms with Crippen molar-refractivity contribution in [2.75, 3.05) is 24.9 Å². The lowest BCUT2D eigenvalue weighted by Gasteiger charge is -2.38. The summed E-state index contributed by atoms with van der Waals surface area (Å²) in [5, 5.41) is 9.05.